The molecule has 0 aliphatic carbocycles. The summed E-state index contributed by atoms with van der Waals surface area (Å²) < 4.78 is 2.05. The molecule has 16 heavy (non-hydrogen) atoms. The molecule has 0 bridgehead atoms. The van der Waals surface area contributed by atoms with Gasteiger partial charge in [-0.2, -0.15) is 0 Å². The van der Waals surface area contributed by atoms with E-state index in [1.165, 1.54) is 0 Å². The van der Waals surface area contributed by atoms with Crippen LogP contribution >= 0.6 is 11.6 Å². The Morgan fingerprint density at radius 3 is 2.69 bits per heavy atom. The number of hydrogen-bond donors (Lipinski definition) is 1. The second-order valence-corrected chi connectivity index (χ2v) is 4.26. The number of halogens is 1. The van der Waals surface area contributed by atoms with Crippen LogP contribution in [0.25, 0.3) is 0 Å². The summed E-state index contributed by atoms with van der Waals surface area (Å²) in [6.07, 6.45) is 1.81. The van der Waals surface area contributed by atoms with E-state index in [4.69, 9.17) is 17.3 Å². The Bertz CT molecular complexity index is 497. The van der Waals surface area contributed by atoms with E-state index in [2.05, 4.69) is 4.98 Å². The van der Waals surface area contributed by atoms with Crippen LogP contribution in [0.3, 0.4) is 0 Å². The summed E-state index contributed by atoms with van der Waals surface area (Å²) in [4.78, 5) is 4.25. The normalized spacial score (nSPS) is 10.7. The third-order valence-corrected chi connectivity index (χ3v) is 3.18. The van der Waals surface area contributed by atoms with Crippen molar-refractivity contribution in [1.29, 1.82) is 0 Å². The van der Waals surface area contributed by atoms with Crippen LogP contribution < -0.4 is 5.73 Å². The fraction of sp³-hybridized carbons (Fsp3) is 0.250. The quantitative estimate of drug-likeness (QED) is 0.814. The number of nitrogen functional groups attached to an aromatic ring is 1. The molecule has 0 spiro atoms. The maximum absolute atomic E-state index is 6.12. The van der Waals surface area contributed by atoms with Crippen molar-refractivity contribution in [2.45, 2.75) is 20.4 Å². The predicted octanol–water partition coefficient (Wildman–Crippen LogP) is 2.78. The van der Waals surface area contributed by atoms with Crippen molar-refractivity contribution in [1.82, 2.24) is 9.55 Å². The molecule has 0 amide bonds. The van der Waals surface area contributed by atoms with Crippen molar-refractivity contribution in [3.05, 3.63) is 46.5 Å². The number of aryl methyl sites for hydroxylation is 1. The summed E-state index contributed by atoms with van der Waals surface area (Å²) >= 11 is 6.12. The Labute approximate surface area is 99.9 Å². The SMILES string of the molecule is Cc1ncn(Cc2c(N)cccc2Cl)c1C. The molecule has 0 saturated heterocycles. The van der Waals surface area contributed by atoms with Crippen LogP contribution in [0.1, 0.15) is 17.0 Å². The summed E-state index contributed by atoms with van der Waals surface area (Å²) in [6.45, 7) is 4.69. The topological polar surface area (TPSA) is 43.8 Å². The second kappa shape index (κ2) is 4.18. The van der Waals surface area contributed by atoms with Gasteiger partial charge in [0.05, 0.1) is 18.6 Å². The average molecular weight is 236 g/mol. The molecule has 1 aromatic carbocycles. The molecule has 0 aliphatic rings. The lowest BCUT2D eigenvalue weighted by Gasteiger charge is -2.10. The van der Waals surface area contributed by atoms with Gasteiger partial charge in [0.1, 0.15) is 0 Å². The lowest BCUT2D eigenvalue weighted by Crippen LogP contribution is -2.04. The van der Waals surface area contributed by atoms with Crippen LogP contribution in [0.2, 0.25) is 5.02 Å². The number of benzene rings is 1. The minimum absolute atomic E-state index is 0.665. The molecule has 3 nitrogen and oxygen atoms in total. The van der Waals surface area contributed by atoms with Gasteiger partial charge in [0.2, 0.25) is 0 Å². The van der Waals surface area contributed by atoms with E-state index in [0.29, 0.717) is 11.6 Å². The molecule has 2 rings (SSSR count). The van der Waals surface area contributed by atoms with Gasteiger partial charge in [-0.1, -0.05) is 17.7 Å². The van der Waals surface area contributed by atoms with E-state index in [0.717, 1.165) is 22.6 Å². The number of nitrogens with zero attached hydrogens (tertiary/aromatic N) is 2. The van der Waals surface area contributed by atoms with Crippen LogP contribution in [0.4, 0.5) is 5.69 Å². The lowest BCUT2D eigenvalue weighted by molar-refractivity contribution is 0.770. The second-order valence-electron chi connectivity index (χ2n) is 3.85. The maximum atomic E-state index is 6.12. The van der Waals surface area contributed by atoms with Crippen molar-refractivity contribution < 1.29 is 0 Å². The number of hydrogen-bond acceptors (Lipinski definition) is 2. The number of nitrogens with two attached hydrogens (primary N) is 1. The Morgan fingerprint density at radius 2 is 2.12 bits per heavy atom. The van der Waals surface area contributed by atoms with E-state index in [1.807, 2.05) is 42.9 Å². The zero-order valence-corrected chi connectivity index (χ0v) is 10.1. The Kier molecular flexibility index (Phi) is 2.88. The van der Waals surface area contributed by atoms with Crippen molar-refractivity contribution >= 4 is 17.3 Å². The summed E-state index contributed by atoms with van der Waals surface area (Å²) in [5, 5.41) is 0.700. The van der Waals surface area contributed by atoms with E-state index in [-0.39, 0.29) is 0 Å². The highest BCUT2D eigenvalue weighted by molar-refractivity contribution is 6.31. The molecule has 2 N–H and O–H groups in total. The van der Waals surface area contributed by atoms with Gasteiger partial charge in [0, 0.05) is 22.0 Å². The van der Waals surface area contributed by atoms with E-state index in [1.54, 1.807) is 0 Å². The van der Waals surface area contributed by atoms with E-state index >= 15 is 0 Å². The first-order valence-electron chi connectivity index (χ1n) is 5.11. The third kappa shape index (κ3) is 1.91. The first-order chi connectivity index (χ1) is 7.59. The van der Waals surface area contributed by atoms with Crippen LogP contribution in [0, 0.1) is 13.8 Å². The van der Waals surface area contributed by atoms with Crippen molar-refractivity contribution in [3.63, 3.8) is 0 Å². The van der Waals surface area contributed by atoms with Crippen LogP contribution in [0.5, 0.6) is 0 Å². The monoisotopic (exact) mass is 235 g/mol. The number of imidazole rings is 1. The minimum Gasteiger partial charge on any atom is -0.398 e. The summed E-state index contributed by atoms with van der Waals surface area (Å²) in [7, 11) is 0. The van der Waals surface area contributed by atoms with Gasteiger partial charge in [-0.25, -0.2) is 4.98 Å². The van der Waals surface area contributed by atoms with Gasteiger partial charge < -0.3 is 10.3 Å². The van der Waals surface area contributed by atoms with Crippen molar-refractivity contribution in [2.75, 3.05) is 5.73 Å². The molecular formula is C12H14ClN3. The molecule has 0 saturated carbocycles. The number of rotatable bonds is 2. The highest BCUT2D eigenvalue weighted by Crippen LogP contribution is 2.23. The van der Waals surface area contributed by atoms with Gasteiger partial charge in [-0.05, 0) is 26.0 Å². The molecule has 0 unspecified atom stereocenters. The van der Waals surface area contributed by atoms with Gasteiger partial charge >= 0.3 is 0 Å². The highest BCUT2D eigenvalue weighted by Gasteiger charge is 2.08. The summed E-state index contributed by atoms with van der Waals surface area (Å²) in [5.41, 5.74) is 9.75. The summed E-state index contributed by atoms with van der Waals surface area (Å²) in [6, 6.07) is 5.57. The lowest BCUT2D eigenvalue weighted by atomic mass is 10.2. The number of aromatic nitrogens is 2. The largest absolute Gasteiger partial charge is 0.398 e. The van der Waals surface area contributed by atoms with Crippen molar-refractivity contribution in [2.24, 2.45) is 0 Å². The minimum atomic E-state index is 0.665. The third-order valence-electron chi connectivity index (χ3n) is 2.83. The zero-order valence-electron chi connectivity index (χ0n) is 9.37. The molecule has 0 fully saturated rings. The molecule has 84 valence electrons. The standard InChI is InChI=1S/C12H14ClN3/c1-8-9(2)16(7-15-8)6-10-11(13)4-3-5-12(10)14/h3-5,7H,6,14H2,1-2H3. The smallest absolute Gasteiger partial charge is 0.0954 e. The Morgan fingerprint density at radius 1 is 1.38 bits per heavy atom. The zero-order chi connectivity index (χ0) is 11.7. The first kappa shape index (κ1) is 11.0. The maximum Gasteiger partial charge on any atom is 0.0954 e. The predicted molar refractivity (Wildman–Crippen MR) is 66.7 cm³/mol. The van der Waals surface area contributed by atoms with Gasteiger partial charge in [0.15, 0.2) is 0 Å². The summed E-state index contributed by atoms with van der Waals surface area (Å²) in [5.74, 6) is 0. The molecule has 2 aromatic rings. The van der Waals surface area contributed by atoms with Crippen molar-refractivity contribution in [3.8, 4) is 0 Å². The fourth-order valence-electron chi connectivity index (χ4n) is 1.62. The highest BCUT2D eigenvalue weighted by atomic mass is 35.5. The van der Waals surface area contributed by atoms with Gasteiger partial charge in [-0.3, -0.25) is 0 Å². The first-order valence-corrected chi connectivity index (χ1v) is 5.48. The Hall–Kier alpha value is -1.48. The van der Waals surface area contributed by atoms with Gasteiger partial charge in [0.25, 0.3) is 0 Å². The molecular weight excluding hydrogens is 222 g/mol. The van der Waals surface area contributed by atoms with E-state index < -0.39 is 0 Å². The molecule has 1 heterocycles. The van der Waals surface area contributed by atoms with Crippen LogP contribution in [-0.2, 0) is 6.54 Å². The number of anilines is 1. The average Bonchev–Trinajstić information content (AvgIpc) is 2.55. The molecule has 1 aromatic heterocycles. The fourth-order valence-corrected chi connectivity index (χ4v) is 1.86. The molecule has 0 radical (unpaired) electrons. The van der Waals surface area contributed by atoms with Gasteiger partial charge in [-0.15, -0.1) is 0 Å². The Balaban J connectivity index is 2.38. The molecule has 0 aliphatic heterocycles. The van der Waals surface area contributed by atoms with Crippen LogP contribution in [-0.4, -0.2) is 9.55 Å². The molecule has 4 heteroatoms. The molecule has 0 atom stereocenters. The van der Waals surface area contributed by atoms with E-state index in [9.17, 15) is 0 Å². The van der Waals surface area contributed by atoms with Crippen LogP contribution in [0.15, 0.2) is 24.5 Å².